The van der Waals surface area contributed by atoms with E-state index in [-0.39, 0.29) is 12.5 Å². The van der Waals surface area contributed by atoms with E-state index < -0.39 is 12.1 Å². The van der Waals surface area contributed by atoms with Crippen molar-refractivity contribution >= 4 is 5.91 Å². The lowest BCUT2D eigenvalue weighted by Crippen LogP contribution is -2.45. The third-order valence-corrected chi connectivity index (χ3v) is 15.5. The maximum atomic E-state index is 12.5. The van der Waals surface area contributed by atoms with Crippen molar-refractivity contribution in [3.05, 3.63) is 24.3 Å². The highest BCUT2D eigenvalue weighted by molar-refractivity contribution is 5.76. The molecule has 0 aliphatic rings. The van der Waals surface area contributed by atoms with Crippen molar-refractivity contribution in [3.63, 3.8) is 0 Å². The molecule has 0 bridgehead atoms. The lowest BCUT2D eigenvalue weighted by Gasteiger charge is -2.22. The third-order valence-electron chi connectivity index (χ3n) is 15.5. The number of rotatable bonds is 61. The van der Waals surface area contributed by atoms with E-state index in [0.717, 1.165) is 32.1 Å². The minimum absolute atomic E-state index is 0.0236. The highest BCUT2D eigenvalue weighted by Gasteiger charge is 2.20. The second-order valence-corrected chi connectivity index (χ2v) is 22.5. The normalized spacial score (nSPS) is 12.8. The summed E-state index contributed by atoms with van der Waals surface area (Å²) in [6.45, 7) is 4.39. The van der Waals surface area contributed by atoms with Gasteiger partial charge in [-0.3, -0.25) is 4.79 Å². The highest BCUT2D eigenvalue weighted by Crippen LogP contribution is 2.19. The number of hydrogen-bond donors (Lipinski definition) is 3. The molecule has 0 fully saturated rings. The van der Waals surface area contributed by atoms with E-state index in [2.05, 4.69) is 43.5 Å². The van der Waals surface area contributed by atoms with E-state index in [1.165, 1.54) is 315 Å². The van der Waals surface area contributed by atoms with Crippen molar-refractivity contribution in [2.45, 2.75) is 386 Å². The number of carbonyl (C=O) groups is 1. The molecule has 4 heteroatoms. The monoisotopic (exact) mass is 984 g/mol. The fourth-order valence-corrected chi connectivity index (χ4v) is 10.5. The number of hydrogen-bond acceptors (Lipinski definition) is 3. The molecule has 0 aliphatic carbocycles. The van der Waals surface area contributed by atoms with Gasteiger partial charge in [0.15, 0.2) is 0 Å². The van der Waals surface area contributed by atoms with Gasteiger partial charge in [-0.05, 0) is 44.9 Å². The molecule has 0 heterocycles. The Kier molecular flexibility index (Phi) is 61.2. The van der Waals surface area contributed by atoms with Crippen LogP contribution >= 0.6 is 0 Å². The van der Waals surface area contributed by atoms with Crippen LogP contribution in [-0.2, 0) is 4.79 Å². The summed E-state index contributed by atoms with van der Waals surface area (Å²) in [5.74, 6) is -0.0236. The first-order valence-corrected chi connectivity index (χ1v) is 32.5. The van der Waals surface area contributed by atoms with Gasteiger partial charge >= 0.3 is 0 Å². The van der Waals surface area contributed by atoms with Crippen molar-refractivity contribution in [3.8, 4) is 0 Å². The molecule has 0 aromatic heterocycles. The lowest BCUT2D eigenvalue weighted by molar-refractivity contribution is -0.123. The van der Waals surface area contributed by atoms with Gasteiger partial charge in [0.05, 0.1) is 18.8 Å². The minimum Gasteiger partial charge on any atom is -0.394 e. The molecule has 1 amide bonds. The standard InChI is InChI=1S/C66H129NO3/c1-3-5-7-9-11-13-15-17-19-21-23-25-27-29-31-33-35-37-39-41-43-45-47-49-51-53-55-57-59-61-65(69)64(63-68)67-66(70)62-60-58-56-54-52-50-48-46-44-42-40-38-36-34-32-30-28-26-24-22-20-18-16-14-12-10-8-6-4-2/h16,18,22,24,64-65,68-69H,3-15,17,19-21,23,25-63H2,1-2H3,(H,67,70)/b18-16-,24-22-. The maximum Gasteiger partial charge on any atom is 0.220 e. The van der Waals surface area contributed by atoms with Gasteiger partial charge in [0.2, 0.25) is 5.91 Å². The number of aliphatic hydroxyl groups excluding tert-OH is 2. The summed E-state index contributed by atoms with van der Waals surface area (Å²) < 4.78 is 0. The fourth-order valence-electron chi connectivity index (χ4n) is 10.5. The van der Waals surface area contributed by atoms with E-state index in [4.69, 9.17) is 0 Å². The Balaban J connectivity index is 3.40. The van der Waals surface area contributed by atoms with Gasteiger partial charge in [-0.15, -0.1) is 0 Å². The Morgan fingerprint density at radius 1 is 0.343 bits per heavy atom. The van der Waals surface area contributed by atoms with Gasteiger partial charge in [-0.25, -0.2) is 0 Å². The van der Waals surface area contributed by atoms with Crippen LogP contribution in [0.1, 0.15) is 373 Å². The van der Waals surface area contributed by atoms with Gasteiger partial charge in [0, 0.05) is 6.42 Å². The first kappa shape index (κ1) is 68.9. The van der Waals surface area contributed by atoms with Gasteiger partial charge < -0.3 is 15.5 Å². The predicted octanol–water partition coefficient (Wildman–Crippen LogP) is 21.8. The first-order valence-electron chi connectivity index (χ1n) is 32.5. The highest BCUT2D eigenvalue weighted by atomic mass is 16.3. The summed E-state index contributed by atoms with van der Waals surface area (Å²) in [7, 11) is 0. The topological polar surface area (TPSA) is 69.6 Å². The predicted molar refractivity (Wildman–Crippen MR) is 313 cm³/mol. The number of allylic oxidation sites excluding steroid dienone is 4. The average molecular weight is 985 g/mol. The molecule has 0 radical (unpaired) electrons. The van der Waals surface area contributed by atoms with E-state index in [1.807, 2.05) is 0 Å². The summed E-state index contributed by atoms with van der Waals surface area (Å²) in [5.41, 5.74) is 0. The van der Waals surface area contributed by atoms with Crippen LogP contribution in [0.5, 0.6) is 0 Å². The minimum atomic E-state index is -0.659. The van der Waals surface area contributed by atoms with Gasteiger partial charge in [0.25, 0.3) is 0 Å². The molecular weight excluding hydrogens is 855 g/mol. The smallest absolute Gasteiger partial charge is 0.220 e. The molecule has 2 unspecified atom stereocenters. The lowest BCUT2D eigenvalue weighted by atomic mass is 10.0. The number of nitrogens with one attached hydrogen (secondary N) is 1. The molecule has 0 saturated heterocycles. The Hall–Kier alpha value is -1.13. The average Bonchev–Trinajstić information content (AvgIpc) is 3.36. The van der Waals surface area contributed by atoms with Gasteiger partial charge in [-0.1, -0.05) is 346 Å². The molecule has 3 N–H and O–H groups in total. The van der Waals surface area contributed by atoms with Crippen molar-refractivity contribution in [1.29, 1.82) is 0 Å². The van der Waals surface area contributed by atoms with E-state index in [1.54, 1.807) is 0 Å². The Bertz CT molecular complexity index is 1020. The van der Waals surface area contributed by atoms with Gasteiger partial charge in [-0.2, -0.15) is 0 Å². The zero-order chi connectivity index (χ0) is 50.6. The quantitative estimate of drug-likeness (QED) is 0.0420. The number of unbranched alkanes of at least 4 members (excludes halogenated alkanes) is 50. The molecule has 2 atom stereocenters. The first-order chi connectivity index (χ1) is 34.7. The van der Waals surface area contributed by atoms with Crippen LogP contribution in [0.15, 0.2) is 24.3 Å². The summed E-state index contributed by atoms with van der Waals surface area (Å²) in [4.78, 5) is 12.5. The van der Waals surface area contributed by atoms with Crippen LogP contribution in [-0.4, -0.2) is 34.9 Å². The van der Waals surface area contributed by atoms with Crippen LogP contribution in [0.4, 0.5) is 0 Å². The molecule has 0 aliphatic heterocycles. The maximum absolute atomic E-state index is 12.5. The zero-order valence-corrected chi connectivity index (χ0v) is 48.1. The number of aliphatic hydroxyl groups is 2. The van der Waals surface area contributed by atoms with E-state index in [0.29, 0.717) is 12.8 Å². The molecule has 0 aromatic carbocycles. The molecule has 0 aromatic rings. The SMILES string of the molecule is CCCCCCC/C=C\C/C=C\CCCCCCCCCCCCCCCCCCCC(=O)NC(CO)C(O)CCCCCCCCCCCCCCCCCCCCCCCCCCCCCCC. The van der Waals surface area contributed by atoms with Gasteiger partial charge in [0.1, 0.15) is 0 Å². The van der Waals surface area contributed by atoms with Crippen molar-refractivity contribution in [2.75, 3.05) is 6.61 Å². The molecule has 0 spiro atoms. The van der Waals surface area contributed by atoms with Crippen LogP contribution in [0.25, 0.3) is 0 Å². The third kappa shape index (κ3) is 57.8. The summed E-state index contributed by atoms with van der Waals surface area (Å²) in [6.07, 6.45) is 83.5. The Morgan fingerprint density at radius 3 is 0.857 bits per heavy atom. The number of carbonyl (C=O) groups excluding carboxylic acids is 1. The second-order valence-electron chi connectivity index (χ2n) is 22.5. The molecule has 0 saturated carbocycles. The van der Waals surface area contributed by atoms with Crippen molar-refractivity contribution in [2.24, 2.45) is 0 Å². The number of amides is 1. The van der Waals surface area contributed by atoms with E-state index in [9.17, 15) is 15.0 Å². The summed E-state index contributed by atoms with van der Waals surface area (Å²) >= 11 is 0. The zero-order valence-electron chi connectivity index (χ0n) is 48.1. The van der Waals surface area contributed by atoms with Crippen LogP contribution in [0, 0.1) is 0 Å². The molecule has 70 heavy (non-hydrogen) atoms. The largest absolute Gasteiger partial charge is 0.394 e. The summed E-state index contributed by atoms with van der Waals surface area (Å²) in [6, 6.07) is -0.536. The Labute approximate surface area is 440 Å². The van der Waals surface area contributed by atoms with Crippen molar-refractivity contribution < 1.29 is 15.0 Å². The molecule has 0 rings (SSSR count). The Morgan fingerprint density at radius 2 is 0.586 bits per heavy atom. The fraction of sp³-hybridized carbons (Fsp3) is 0.924. The van der Waals surface area contributed by atoms with Crippen LogP contribution in [0.3, 0.4) is 0 Å². The van der Waals surface area contributed by atoms with Crippen molar-refractivity contribution in [1.82, 2.24) is 5.32 Å². The molecular formula is C66H129NO3. The molecule has 4 nitrogen and oxygen atoms in total. The van der Waals surface area contributed by atoms with E-state index >= 15 is 0 Å². The molecule has 416 valence electrons. The summed E-state index contributed by atoms with van der Waals surface area (Å²) in [5, 5.41) is 23.4. The second kappa shape index (κ2) is 62.2. The van der Waals surface area contributed by atoms with Crippen LogP contribution in [0.2, 0.25) is 0 Å². The van der Waals surface area contributed by atoms with Crippen LogP contribution < -0.4 is 5.32 Å².